The molecule has 0 fully saturated rings. The van der Waals surface area contributed by atoms with Gasteiger partial charge in [0, 0.05) is 10.6 Å². The Balaban J connectivity index is 2.27. The van der Waals surface area contributed by atoms with Crippen LogP contribution in [0.25, 0.3) is 0 Å². The number of benzene rings is 2. The highest BCUT2D eigenvalue weighted by Gasteiger charge is 2.14. The molecule has 0 amide bonds. The normalized spacial score (nSPS) is 12.2. The van der Waals surface area contributed by atoms with Crippen LogP contribution < -0.4 is 5.32 Å². The van der Waals surface area contributed by atoms with Crippen LogP contribution in [0.4, 0.5) is 10.1 Å². The van der Waals surface area contributed by atoms with Crippen molar-refractivity contribution >= 4 is 28.9 Å². The molecule has 0 saturated carbocycles. The fraction of sp³-hybridized carbons (Fsp3) is 0.200. The van der Waals surface area contributed by atoms with E-state index in [1.165, 1.54) is 6.07 Å². The maximum absolute atomic E-state index is 13.8. The summed E-state index contributed by atoms with van der Waals surface area (Å²) in [5.41, 5.74) is 1.39. The molecule has 0 aliphatic carbocycles. The van der Waals surface area contributed by atoms with Gasteiger partial charge in [0.05, 0.1) is 16.8 Å². The predicted molar refractivity (Wildman–Crippen MR) is 79.5 cm³/mol. The highest BCUT2D eigenvalue weighted by Crippen LogP contribution is 2.30. The Morgan fingerprint density at radius 1 is 1.16 bits per heavy atom. The maximum Gasteiger partial charge on any atom is 0.128 e. The number of rotatable bonds is 4. The second kappa shape index (κ2) is 6.27. The van der Waals surface area contributed by atoms with Crippen molar-refractivity contribution in [1.82, 2.24) is 0 Å². The quantitative estimate of drug-likeness (QED) is 0.764. The monoisotopic (exact) mass is 297 g/mol. The number of hydrogen-bond donors (Lipinski definition) is 1. The van der Waals surface area contributed by atoms with Gasteiger partial charge < -0.3 is 5.32 Å². The molecule has 2 rings (SSSR count). The first kappa shape index (κ1) is 14.2. The fourth-order valence-corrected chi connectivity index (χ4v) is 2.41. The van der Waals surface area contributed by atoms with Crippen LogP contribution in [-0.2, 0) is 0 Å². The van der Waals surface area contributed by atoms with Crippen molar-refractivity contribution in [3.05, 3.63) is 63.9 Å². The summed E-state index contributed by atoms with van der Waals surface area (Å²) in [4.78, 5) is 0. The van der Waals surface area contributed by atoms with Gasteiger partial charge in [-0.15, -0.1) is 0 Å². The fourth-order valence-electron chi connectivity index (χ4n) is 1.95. The van der Waals surface area contributed by atoms with Crippen LogP contribution in [0.5, 0.6) is 0 Å². The Labute approximate surface area is 122 Å². The molecule has 0 saturated heterocycles. The van der Waals surface area contributed by atoms with E-state index in [1.807, 2.05) is 13.0 Å². The molecule has 1 nitrogen and oxygen atoms in total. The number of hydrogen-bond acceptors (Lipinski definition) is 1. The largest absolute Gasteiger partial charge is 0.377 e. The van der Waals surface area contributed by atoms with Gasteiger partial charge in [0.1, 0.15) is 5.82 Å². The second-order valence-electron chi connectivity index (χ2n) is 4.25. The lowest BCUT2D eigenvalue weighted by Gasteiger charge is -2.20. The first-order chi connectivity index (χ1) is 9.11. The molecule has 0 aromatic heterocycles. The molecule has 0 aliphatic rings. The zero-order chi connectivity index (χ0) is 13.8. The Bertz CT molecular complexity index is 572. The minimum atomic E-state index is -0.216. The summed E-state index contributed by atoms with van der Waals surface area (Å²) < 4.78 is 13.8. The molecular weight excluding hydrogens is 284 g/mol. The predicted octanol–water partition coefficient (Wildman–Crippen LogP) is 5.70. The summed E-state index contributed by atoms with van der Waals surface area (Å²) in [5, 5.41) is 4.36. The van der Waals surface area contributed by atoms with Crippen LogP contribution in [-0.4, -0.2) is 0 Å². The number of anilines is 1. The smallest absolute Gasteiger partial charge is 0.128 e. The molecule has 1 N–H and O–H groups in total. The zero-order valence-electron chi connectivity index (χ0n) is 10.5. The van der Waals surface area contributed by atoms with Crippen LogP contribution >= 0.6 is 23.2 Å². The molecule has 2 aromatic rings. The van der Waals surface area contributed by atoms with E-state index < -0.39 is 0 Å². The number of nitrogens with one attached hydrogen (secondary N) is 1. The molecule has 100 valence electrons. The molecule has 1 unspecified atom stereocenters. The maximum atomic E-state index is 13.8. The van der Waals surface area contributed by atoms with Gasteiger partial charge in [0.15, 0.2) is 0 Å². The first-order valence-electron chi connectivity index (χ1n) is 6.08. The van der Waals surface area contributed by atoms with E-state index in [9.17, 15) is 4.39 Å². The van der Waals surface area contributed by atoms with Crippen LogP contribution in [0, 0.1) is 5.82 Å². The molecule has 4 heteroatoms. The summed E-state index contributed by atoms with van der Waals surface area (Å²) in [6.45, 7) is 1.99. The van der Waals surface area contributed by atoms with Gasteiger partial charge in [-0.1, -0.05) is 48.3 Å². The van der Waals surface area contributed by atoms with E-state index in [4.69, 9.17) is 23.2 Å². The summed E-state index contributed by atoms with van der Waals surface area (Å²) in [6.07, 6.45) is 0.750. The summed E-state index contributed by atoms with van der Waals surface area (Å²) >= 11 is 12.0. The molecular formula is C15H14Cl2FN. The van der Waals surface area contributed by atoms with Crippen molar-refractivity contribution in [2.24, 2.45) is 0 Å². The van der Waals surface area contributed by atoms with Gasteiger partial charge in [-0.25, -0.2) is 4.39 Å². The molecule has 1 atom stereocenters. The van der Waals surface area contributed by atoms with Gasteiger partial charge in [0.2, 0.25) is 0 Å². The van der Waals surface area contributed by atoms with Gasteiger partial charge in [-0.05, 0) is 30.7 Å². The average Bonchev–Trinajstić information content (AvgIpc) is 2.39. The average molecular weight is 298 g/mol. The second-order valence-corrected chi connectivity index (χ2v) is 5.09. The Kier molecular flexibility index (Phi) is 4.67. The van der Waals surface area contributed by atoms with Crippen LogP contribution in [0.3, 0.4) is 0 Å². The van der Waals surface area contributed by atoms with Gasteiger partial charge in [-0.3, -0.25) is 0 Å². The molecule has 0 heterocycles. The van der Waals surface area contributed by atoms with Crippen molar-refractivity contribution in [3.8, 4) is 0 Å². The topological polar surface area (TPSA) is 12.0 Å². The van der Waals surface area contributed by atoms with Gasteiger partial charge in [0.25, 0.3) is 0 Å². The Morgan fingerprint density at radius 3 is 2.53 bits per heavy atom. The van der Waals surface area contributed by atoms with Gasteiger partial charge in [-0.2, -0.15) is 0 Å². The summed E-state index contributed by atoms with van der Waals surface area (Å²) in [6, 6.07) is 11.8. The van der Waals surface area contributed by atoms with Crippen molar-refractivity contribution in [3.63, 3.8) is 0 Å². The van der Waals surface area contributed by atoms with E-state index >= 15 is 0 Å². The third kappa shape index (κ3) is 3.40. The first-order valence-corrected chi connectivity index (χ1v) is 6.83. The lowest BCUT2D eigenvalue weighted by Crippen LogP contribution is -2.11. The van der Waals surface area contributed by atoms with Crippen molar-refractivity contribution in [2.45, 2.75) is 19.4 Å². The van der Waals surface area contributed by atoms with Crippen molar-refractivity contribution < 1.29 is 4.39 Å². The Hall–Kier alpha value is -1.25. The van der Waals surface area contributed by atoms with Crippen LogP contribution in [0.15, 0.2) is 42.5 Å². The minimum Gasteiger partial charge on any atom is -0.377 e. The molecule has 19 heavy (non-hydrogen) atoms. The summed E-state index contributed by atoms with van der Waals surface area (Å²) in [7, 11) is 0. The van der Waals surface area contributed by atoms with E-state index in [1.54, 1.807) is 30.3 Å². The van der Waals surface area contributed by atoms with Crippen molar-refractivity contribution in [1.29, 1.82) is 0 Å². The summed E-state index contributed by atoms with van der Waals surface area (Å²) in [5.74, 6) is -0.216. The molecule has 0 bridgehead atoms. The third-order valence-electron chi connectivity index (χ3n) is 2.95. The highest BCUT2D eigenvalue weighted by atomic mass is 35.5. The molecule has 0 aliphatic heterocycles. The molecule has 0 radical (unpaired) electrons. The Morgan fingerprint density at radius 2 is 1.89 bits per heavy atom. The lowest BCUT2D eigenvalue weighted by molar-refractivity contribution is 0.587. The molecule has 0 spiro atoms. The van der Waals surface area contributed by atoms with E-state index in [0.29, 0.717) is 15.6 Å². The number of halogens is 3. The van der Waals surface area contributed by atoms with Crippen LogP contribution in [0.2, 0.25) is 10.0 Å². The third-order valence-corrected chi connectivity index (χ3v) is 3.50. The zero-order valence-corrected chi connectivity index (χ0v) is 12.0. The highest BCUT2D eigenvalue weighted by molar-refractivity contribution is 6.36. The lowest BCUT2D eigenvalue weighted by atomic mass is 10.0. The van der Waals surface area contributed by atoms with Crippen molar-refractivity contribution in [2.75, 3.05) is 5.32 Å². The van der Waals surface area contributed by atoms with E-state index in [2.05, 4.69) is 5.32 Å². The minimum absolute atomic E-state index is 0.125. The van der Waals surface area contributed by atoms with Gasteiger partial charge >= 0.3 is 0 Å². The van der Waals surface area contributed by atoms with E-state index in [0.717, 1.165) is 12.1 Å². The molecule has 2 aromatic carbocycles. The SMILES string of the molecule is CCC(Nc1ccc(Cl)cc1Cl)c1ccccc1F. The van der Waals surface area contributed by atoms with E-state index in [-0.39, 0.29) is 11.9 Å². The standard InChI is InChI=1S/C15H14Cl2FN/c1-2-14(11-5-3-4-6-13(11)18)19-15-8-7-10(16)9-12(15)17/h3-9,14,19H,2H2,1H3. The van der Waals surface area contributed by atoms with Crippen LogP contribution in [0.1, 0.15) is 24.9 Å².